The average molecular weight is 500 g/mol. The Balaban J connectivity index is 0.00000392. The lowest BCUT2D eigenvalue weighted by Crippen LogP contribution is -2.40. The van der Waals surface area contributed by atoms with Crippen LogP contribution in [0.5, 0.6) is 17.4 Å². The molecule has 1 atom stereocenters. The second kappa shape index (κ2) is 13.2. The Labute approximate surface area is 183 Å². The highest BCUT2D eigenvalue weighted by atomic mass is 127. The molecule has 1 unspecified atom stereocenters. The van der Waals surface area contributed by atoms with Crippen molar-refractivity contribution in [3.05, 3.63) is 48.2 Å². The van der Waals surface area contributed by atoms with Crippen LogP contribution in [-0.2, 0) is 11.3 Å². The van der Waals surface area contributed by atoms with Crippen LogP contribution in [-0.4, -0.2) is 37.3 Å². The lowest BCUT2D eigenvalue weighted by atomic mass is 10.2. The Morgan fingerprint density at radius 3 is 2.68 bits per heavy atom. The number of nitrogens with two attached hydrogens (primary N) is 1. The predicted molar refractivity (Wildman–Crippen MR) is 122 cm³/mol. The number of aliphatic imine (C=N–C) groups is 1. The van der Waals surface area contributed by atoms with Crippen molar-refractivity contribution in [1.82, 2.24) is 10.3 Å². The molecule has 0 amide bonds. The number of nitrogens with zero attached hydrogens (tertiary/aromatic N) is 2. The third kappa shape index (κ3) is 7.89. The van der Waals surface area contributed by atoms with Crippen LogP contribution in [0.3, 0.4) is 0 Å². The second-order valence-corrected chi connectivity index (χ2v) is 6.07. The molecule has 2 aromatic rings. The van der Waals surface area contributed by atoms with Crippen molar-refractivity contribution < 1.29 is 14.2 Å². The quantitative estimate of drug-likeness (QED) is 0.294. The lowest BCUT2D eigenvalue weighted by molar-refractivity contribution is 0.179. The molecule has 3 N–H and O–H groups in total. The number of hydrogen-bond donors (Lipinski definition) is 2. The van der Waals surface area contributed by atoms with Gasteiger partial charge in [0.1, 0.15) is 0 Å². The molecular weight excluding hydrogens is 471 g/mol. The van der Waals surface area contributed by atoms with Gasteiger partial charge in [-0.3, -0.25) is 0 Å². The second-order valence-electron chi connectivity index (χ2n) is 6.07. The maximum atomic E-state index is 6.00. The van der Waals surface area contributed by atoms with Gasteiger partial charge in [0.05, 0.1) is 19.8 Å². The summed E-state index contributed by atoms with van der Waals surface area (Å²) in [6.07, 6.45) is 2.60. The number of para-hydroxylation sites is 2. The highest BCUT2D eigenvalue weighted by Crippen LogP contribution is 2.32. The zero-order chi connectivity index (χ0) is 19.5. The molecule has 0 radical (unpaired) electrons. The number of halogens is 1. The lowest BCUT2D eigenvalue weighted by Gasteiger charge is -2.14. The van der Waals surface area contributed by atoms with E-state index in [-0.39, 0.29) is 30.0 Å². The van der Waals surface area contributed by atoms with Gasteiger partial charge in [0.25, 0.3) is 0 Å². The Morgan fingerprint density at radius 2 is 1.96 bits per heavy atom. The van der Waals surface area contributed by atoms with E-state index < -0.39 is 0 Å². The Kier molecular flexibility index (Phi) is 11.3. The van der Waals surface area contributed by atoms with Crippen molar-refractivity contribution in [2.24, 2.45) is 10.7 Å². The van der Waals surface area contributed by atoms with Crippen LogP contribution in [0.15, 0.2) is 47.6 Å². The van der Waals surface area contributed by atoms with Crippen molar-refractivity contribution in [2.45, 2.75) is 32.9 Å². The zero-order valence-electron chi connectivity index (χ0n) is 16.6. The van der Waals surface area contributed by atoms with Gasteiger partial charge in [-0.25, -0.2) is 9.98 Å². The largest absolute Gasteiger partial charge is 0.490 e. The summed E-state index contributed by atoms with van der Waals surface area (Å²) < 4.78 is 16.8. The smallest absolute Gasteiger partial charge is 0.224 e. The minimum absolute atomic E-state index is 0. The van der Waals surface area contributed by atoms with E-state index in [1.807, 2.05) is 43.3 Å². The standard InChI is InChI=1S/C20H28N4O3.HI/c1-4-12-26-17-9-5-6-10-18(17)27-19-16(8-7-11-22-19)13-23-20(21)24-15(2)14-25-3;/h5-11,15H,4,12-14H2,1-3H3,(H3,21,23,24);1H. The van der Waals surface area contributed by atoms with Crippen molar-refractivity contribution in [2.75, 3.05) is 20.3 Å². The first-order chi connectivity index (χ1) is 13.1. The molecule has 0 aliphatic heterocycles. The van der Waals surface area contributed by atoms with Gasteiger partial charge in [0.15, 0.2) is 17.5 Å². The third-order valence-corrected chi connectivity index (χ3v) is 3.60. The summed E-state index contributed by atoms with van der Waals surface area (Å²) in [5, 5.41) is 3.07. The van der Waals surface area contributed by atoms with Crippen LogP contribution in [0.4, 0.5) is 0 Å². The summed E-state index contributed by atoms with van der Waals surface area (Å²) in [5.41, 5.74) is 6.76. The fraction of sp³-hybridized carbons (Fsp3) is 0.400. The van der Waals surface area contributed by atoms with E-state index in [0.717, 1.165) is 12.0 Å². The molecule has 1 aromatic heterocycles. The minimum atomic E-state index is 0. The van der Waals surface area contributed by atoms with E-state index in [2.05, 4.69) is 22.2 Å². The van der Waals surface area contributed by atoms with E-state index >= 15 is 0 Å². The van der Waals surface area contributed by atoms with Crippen molar-refractivity contribution in [3.8, 4) is 17.4 Å². The Morgan fingerprint density at radius 1 is 1.21 bits per heavy atom. The van der Waals surface area contributed by atoms with Gasteiger partial charge >= 0.3 is 0 Å². The molecule has 0 saturated carbocycles. The third-order valence-electron chi connectivity index (χ3n) is 3.60. The van der Waals surface area contributed by atoms with E-state index in [0.29, 0.717) is 43.1 Å². The average Bonchev–Trinajstić information content (AvgIpc) is 2.67. The molecule has 0 fully saturated rings. The minimum Gasteiger partial charge on any atom is -0.490 e. The molecule has 28 heavy (non-hydrogen) atoms. The number of aromatic nitrogens is 1. The molecule has 7 nitrogen and oxygen atoms in total. The van der Waals surface area contributed by atoms with Crippen LogP contribution in [0.25, 0.3) is 0 Å². The van der Waals surface area contributed by atoms with Gasteiger partial charge in [-0.1, -0.05) is 25.1 Å². The molecule has 1 aromatic carbocycles. The van der Waals surface area contributed by atoms with Gasteiger partial charge in [-0.2, -0.15) is 0 Å². The summed E-state index contributed by atoms with van der Waals surface area (Å²) >= 11 is 0. The molecule has 0 spiro atoms. The maximum absolute atomic E-state index is 6.00. The van der Waals surface area contributed by atoms with Gasteiger partial charge in [-0.15, -0.1) is 24.0 Å². The van der Waals surface area contributed by atoms with Crippen LogP contribution in [0.1, 0.15) is 25.8 Å². The SMILES string of the molecule is CCCOc1ccccc1Oc1ncccc1CN=C(N)NC(C)COC.I. The number of pyridine rings is 1. The molecular formula is C20H29IN4O3. The topological polar surface area (TPSA) is 91.0 Å². The van der Waals surface area contributed by atoms with E-state index in [9.17, 15) is 0 Å². The summed E-state index contributed by atoms with van der Waals surface area (Å²) in [6.45, 7) is 5.55. The number of guanidine groups is 1. The van der Waals surface area contributed by atoms with Crippen molar-refractivity contribution in [3.63, 3.8) is 0 Å². The first kappa shape index (κ1) is 24.0. The van der Waals surface area contributed by atoms with Crippen LogP contribution < -0.4 is 20.5 Å². The summed E-state index contributed by atoms with van der Waals surface area (Å²) in [6, 6.07) is 11.4. The summed E-state index contributed by atoms with van der Waals surface area (Å²) in [4.78, 5) is 8.70. The number of methoxy groups -OCH3 is 1. The highest BCUT2D eigenvalue weighted by molar-refractivity contribution is 14.0. The molecule has 0 aliphatic rings. The number of nitrogens with one attached hydrogen (secondary N) is 1. The first-order valence-corrected chi connectivity index (χ1v) is 9.03. The number of rotatable bonds is 10. The van der Waals surface area contributed by atoms with Crippen molar-refractivity contribution >= 4 is 29.9 Å². The van der Waals surface area contributed by atoms with Gasteiger partial charge in [-0.05, 0) is 31.5 Å². The fourth-order valence-corrected chi connectivity index (χ4v) is 2.37. The molecule has 0 bridgehead atoms. The molecule has 154 valence electrons. The Hall–Kier alpha value is -2.07. The number of ether oxygens (including phenoxy) is 3. The van der Waals surface area contributed by atoms with Crippen molar-refractivity contribution in [1.29, 1.82) is 0 Å². The molecule has 2 rings (SSSR count). The monoisotopic (exact) mass is 500 g/mol. The summed E-state index contributed by atoms with van der Waals surface area (Å²) in [7, 11) is 1.65. The van der Waals surface area contributed by atoms with E-state index in [4.69, 9.17) is 19.9 Å². The van der Waals surface area contributed by atoms with Gasteiger partial charge < -0.3 is 25.3 Å². The van der Waals surface area contributed by atoms with E-state index in [1.54, 1.807) is 13.3 Å². The number of benzene rings is 1. The number of hydrogen-bond acceptors (Lipinski definition) is 5. The van der Waals surface area contributed by atoms with Crippen LogP contribution in [0.2, 0.25) is 0 Å². The van der Waals surface area contributed by atoms with Gasteiger partial charge in [0, 0.05) is 24.9 Å². The Bertz CT molecular complexity index is 743. The molecule has 0 saturated heterocycles. The van der Waals surface area contributed by atoms with Crippen LogP contribution in [0, 0.1) is 0 Å². The van der Waals surface area contributed by atoms with Crippen LogP contribution >= 0.6 is 24.0 Å². The predicted octanol–water partition coefficient (Wildman–Crippen LogP) is 3.72. The molecule has 0 aliphatic carbocycles. The normalized spacial score (nSPS) is 12.0. The molecule has 1 heterocycles. The fourth-order valence-electron chi connectivity index (χ4n) is 2.37. The first-order valence-electron chi connectivity index (χ1n) is 9.03. The molecule has 8 heteroatoms. The summed E-state index contributed by atoms with van der Waals surface area (Å²) in [5.74, 6) is 2.14. The zero-order valence-corrected chi connectivity index (χ0v) is 18.9. The van der Waals surface area contributed by atoms with Gasteiger partial charge in [0.2, 0.25) is 5.88 Å². The van der Waals surface area contributed by atoms with E-state index in [1.165, 1.54) is 0 Å². The highest BCUT2D eigenvalue weighted by Gasteiger charge is 2.10. The maximum Gasteiger partial charge on any atom is 0.224 e.